The predicted molar refractivity (Wildman–Crippen MR) is 104 cm³/mol. The van der Waals surface area contributed by atoms with E-state index < -0.39 is 32.4 Å². The van der Waals surface area contributed by atoms with Crippen LogP contribution in [0.4, 0.5) is 5.82 Å². The van der Waals surface area contributed by atoms with Gasteiger partial charge in [0.25, 0.3) is 7.82 Å². The topological polar surface area (TPSA) is 158 Å². The van der Waals surface area contributed by atoms with Crippen LogP contribution < -0.4 is 40.2 Å². The first-order valence-electron chi connectivity index (χ1n) is 8.72. The summed E-state index contributed by atoms with van der Waals surface area (Å²) in [5.74, 6) is 0.158. The summed E-state index contributed by atoms with van der Waals surface area (Å²) >= 11 is 7.22. The van der Waals surface area contributed by atoms with E-state index in [4.69, 9.17) is 31.1 Å². The number of phosphoric acid groups is 1. The molecule has 31 heavy (non-hydrogen) atoms. The number of aromatic nitrogens is 4. The summed E-state index contributed by atoms with van der Waals surface area (Å²) in [6.45, 7) is -0.261. The number of hydrogen-bond acceptors (Lipinski definition) is 11. The van der Waals surface area contributed by atoms with Gasteiger partial charge in [-0.2, -0.15) is 0 Å². The average Bonchev–Trinajstić information content (AvgIpc) is 3.21. The van der Waals surface area contributed by atoms with Gasteiger partial charge in [-0.3, -0.25) is 9.13 Å². The Labute approximate surface area is 207 Å². The first-order chi connectivity index (χ1) is 14.3. The van der Waals surface area contributed by atoms with Crippen molar-refractivity contribution < 1.29 is 57.9 Å². The third-order valence-electron chi connectivity index (χ3n) is 4.71. The number of rotatable bonds is 3. The Morgan fingerprint density at radius 3 is 2.81 bits per heavy atom. The molecule has 0 aliphatic carbocycles. The van der Waals surface area contributed by atoms with Gasteiger partial charge in [0.15, 0.2) is 28.4 Å². The van der Waals surface area contributed by atoms with Crippen LogP contribution in [0, 0.1) is 0 Å². The standard InChI is InChI=1S/C16H15ClN5O6PS.Na/c17-7-1-3-8(4-2-7)30-16-21-10-13(18)19-6-20-14(10)22(16)15-11(23)12-9(27-15)5-26-29(24,25)28-12;/h1-4,6,9,11-12,15,23H,5H2,(H,24,25)(H2,18,19,20);/q;+1/p-1/t9-,11+,12-,15+;/m0./s1. The zero-order valence-corrected chi connectivity index (χ0v) is 20.5. The van der Waals surface area contributed by atoms with Crippen molar-refractivity contribution in [1.82, 2.24) is 19.5 Å². The number of imidazole rings is 1. The normalized spacial score (nSPS) is 30.2. The molecule has 0 amide bonds. The quantitative estimate of drug-likeness (QED) is 0.318. The van der Waals surface area contributed by atoms with Crippen molar-refractivity contribution >= 4 is 48.2 Å². The minimum Gasteiger partial charge on any atom is -0.756 e. The van der Waals surface area contributed by atoms with Crippen molar-refractivity contribution in [2.24, 2.45) is 0 Å². The molecule has 2 fully saturated rings. The first kappa shape index (κ1) is 23.4. The van der Waals surface area contributed by atoms with Crippen LogP contribution in [0.5, 0.6) is 0 Å². The van der Waals surface area contributed by atoms with Gasteiger partial charge < -0.3 is 29.5 Å². The number of nitrogens with two attached hydrogens (primary N) is 1. The number of nitrogen functional groups attached to an aromatic ring is 1. The third kappa shape index (κ3) is 4.40. The molecule has 11 nitrogen and oxygen atoms in total. The molecule has 0 bridgehead atoms. The van der Waals surface area contributed by atoms with Gasteiger partial charge in [0.1, 0.15) is 24.6 Å². The number of hydrogen-bond donors (Lipinski definition) is 2. The van der Waals surface area contributed by atoms with Crippen molar-refractivity contribution in [3.05, 3.63) is 35.6 Å². The number of phosphoric ester groups is 1. The summed E-state index contributed by atoms with van der Waals surface area (Å²) in [5, 5.41) is 11.8. The molecule has 1 unspecified atom stereocenters. The number of fused-ring (bicyclic) bond motifs is 2. The van der Waals surface area contributed by atoms with Crippen LogP contribution in [0.2, 0.25) is 5.02 Å². The number of ether oxygens (including phenoxy) is 1. The van der Waals surface area contributed by atoms with E-state index in [-0.39, 0.29) is 42.0 Å². The van der Waals surface area contributed by atoms with E-state index in [1.807, 2.05) is 12.1 Å². The van der Waals surface area contributed by atoms with Crippen LogP contribution in [0.3, 0.4) is 0 Å². The van der Waals surface area contributed by atoms with Crippen LogP contribution in [-0.4, -0.2) is 49.5 Å². The second-order valence-electron chi connectivity index (χ2n) is 6.62. The van der Waals surface area contributed by atoms with E-state index in [0.717, 1.165) is 4.90 Å². The summed E-state index contributed by atoms with van der Waals surface area (Å²) < 4.78 is 28.7. The van der Waals surface area contributed by atoms with Gasteiger partial charge in [-0.1, -0.05) is 23.4 Å². The molecule has 3 aromatic rings. The van der Waals surface area contributed by atoms with Crippen LogP contribution >= 0.6 is 31.2 Å². The molecule has 5 rings (SSSR count). The molecule has 2 saturated heterocycles. The maximum absolute atomic E-state index is 11.7. The summed E-state index contributed by atoms with van der Waals surface area (Å²) in [4.78, 5) is 25.2. The van der Waals surface area contributed by atoms with Gasteiger partial charge in [0.05, 0.1) is 6.61 Å². The van der Waals surface area contributed by atoms with E-state index in [9.17, 15) is 14.6 Å². The Hall–Kier alpha value is -0.760. The Balaban J connectivity index is 0.00000231. The van der Waals surface area contributed by atoms with Gasteiger partial charge in [0, 0.05) is 9.92 Å². The van der Waals surface area contributed by atoms with Gasteiger partial charge in [-0.15, -0.1) is 0 Å². The van der Waals surface area contributed by atoms with Crippen LogP contribution in [0.25, 0.3) is 11.2 Å². The van der Waals surface area contributed by atoms with Crippen LogP contribution in [0.15, 0.2) is 40.6 Å². The fourth-order valence-electron chi connectivity index (χ4n) is 3.36. The van der Waals surface area contributed by atoms with Gasteiger partial charge in [0.2, 0.25) is 0 Å². The zero-order chi connectivity index (χ0) is 21.0. The summed E-state index contributed by atoms with van der Waals surface area (Å²) in [6.07, 6.45) is -2.98. The molecule has 5 atom stereocenters. The van der Waals surface area contributed by atoms with Crippen LogP contribution in [0.1, 0.15) is 6.23 Å². The Bertz CT molecular complexity index is 1170. The fourth-order valence-corrected chi connectivity index (χ4v) is 5.34. The smallest absolute Gasteiger partial charge is 0.756 e. The molecule has 2 aliphatic heterocycles. The van der Waals surface area contributed by atoms with Crippen molar-refractivity contribution in [1.29, 1.82) is 0 Å². The summed E-state index contributed by atoms with van der Waals surface area (Å²) in [6, 6.07) is 7.08. The second kappa shape index (κ2) is 8.88. The minimum atomic E-state index is -4.50. The largest absolute Gasteiger partial charge is 1.00 e. The number of aliphatic hydroxyl groups excluding tert-OH is 1. The number of anilines is 1. The van der Waals surface area contributed by atoms with Gasteiger partial charge >= 0.3 is 29.6 Å². The molecule has 2 aliphatic rings. The number of benzene rings is 1. The van der Waals surface area contributed by atoms with Crippen molar-refractivity contribution in [2.75, 3.05) is 12.3 Å². The van der Waals surface area contributed by atoms with Gasteiger partial charge in [-0.25, -0.2) is 15.0 Å². The molecular weight excluding hydrogens is 480 g/mol. The Morgan fingerprint density at radius 1 is 1.32 bits per heavy atom. The molecular formula is C16H14ClN5NaO6PS. The molecule has 4 heterocycles. The Morgan fingerprint density at radius 2 is 2.06 bits per heavy atom. The van der Waals surface area contributed by atoms with E-state index in [0.29, 0.717) is 21.3 Å². The second-order valence-corrected chi connectivity index (χ2v) is 9.46. The van der Waals surface area contributed by atoms with E-state index >= 15 is 0 Å². The molecule has 3 N–H and O–H groups in total. The minimum absolute atomic E-state index is 0. The number of halogens is 1. The molecule has 15 heteroatoms. The molecule has 158 valence electrons. The predicted octanol–water partition coefficient (Wildman–Crippen LogP) is -1.64. The van der Waals surface area contributed by atoms with Crippen molar-refractivity contribution in [2.45, 2.75) is 34.6 Å². The number of nitrogens with zero attached hydrogens (tertiary/aromatic N) is 4. The zero-order valence-electron chi connectivity index (χ0n) is 16.0. The molecule has 1 aromatic carbocycles. The first-order valence-corrected chi connectivity index (χ1v) is 11.4. The SMILES string of the molecule is Nc1ncnc2c1nc(Sc1ccc(Cl)cc1)n2[C@@H]1O[C@H]2COP(=O)([O-])O[C@@H]2[C@H]1O.[Na+]. The van der Waals surface area contributed by atoms with Crippen molar-refractivity contribution in [3.63, 3.8) is 0 Å². The molecule has 0 spiro atoms. The Kier molecular flexibility index (Phi) is 6.70. The average molecular weight is 494 g/mol. The monoisotopic (exact) mass is 493 g/mol. The molecule has 0 radical (unpaired) electrons. The fraction of sp³-hybridized carbons (Fsp3) is 0.312. The maximum Gasteiger partial charge on any atom is 1.00 e. The van der Waals surface area contributed by atoms with E-state index in [1.54, 1.807) is 16.7 Å². The van der Waals surface area contributed by atoms with E-state index in [1.165, 1.54) is 18.1 Å². The summed E-state index contributed by atoms with van der Waals surface area (Å²) in [7, 11) is -4.50. The van der Waals surface area contributed by atoms with Crippen LogP contribution in [-0.2, 0) is 18.3 Å². The van der Waals surface area contributed by atoms with E-state index in [2.05, 4.69) is 15.0 Å². The number of aliphatic hydroxyl groups is 1. The molecule has 2 aromatic heterocycles. The maximum atomic E-state index is 11.7. The third-order valence-corrected chi connectivity index (χ3v) is 6.90. The molecule has 0 saturated carbocycles. The summed E-state index contributed by atoms with van der Waals surface area (Å²) in [5.41, 5.74) is 6.61. The van der Waals surface area contributed by atoms with Crippen molar-refractivity contribution in [3.8, 4) is 0 Å². The van der Waals surface area contributed by atoms with Gasteiger partial charge in [-0.05, 0) is 24.3 Å².